The lowest BCUT2D eigenvalue weighted by Gasteiger charge is -2.23. The van der Waals surface area contributed by atoms with Gasteiger partial charge in [0.2, 0.25) is 0 Å². The fraction of sp³-hybridized carbons (Fsp3) is 1.00. The molecule has 10 heteroatoms. The topological polar surface area (TPSA) is 101 Å². The normalized spacial score (nSPS) is 15.1. The van der Waals surface area contributed by atoms with Gasteiger partial charge in [-0.25, -0.2) is 8.42 Å². The summed E-state index contributed by atoms with van der Waals surface area (Å²) < 4.78 is 79.9. The summed E-state index contributed by atoms with van der Waals surface area (Å²) in [5.41, 5.74) is 0. The second-order valence-electron chi connectivity index (χ2n) is 3.92. The lowest BCUT2D eigenvalue weighted by molar-refractivity contribution is 0.0293. The van der Waals surface area contributed by atoms with Gasteiger partial charge in [-0.1, -0.05) is 0 Å². The molecule has 0 N–H and O–H groups in total. The summed E-state index contributed by atoms with van der Waals surface area (Å²) in [6.07, 6.45) is 0. The van der Waals surface area contributed by atoms with Crippen molar-refractivity contribution in [3.05, 3.63) is 0 Å². The third-order valence-corrected chi connectivity index (χ3v) is 4.28. The molecule has 0 radical (unpaired) electrons. The smallest absolute Gasteiger partial charge is 0.358 e. The second-order valence-corrected chi connectivity index (χ2v) is 7.79. The lowest BCUT2D eigenvalue weighted by Crippen LogP contribution is -2.38. The van der Waals surface area contributed by atoms with Crippen molar-refractivity contribution < 1.29 is 34.4 Å². The Labute approximate surface area is 92.5 Å². The van der Waals surface area contributed by atoms with E-state index in [9.17, 15) is 30.2 Å². The SMILES string of the molecule is CC(C)(C)S(=O)(=O)OCC(F)(F)S(=O)(=O)[O-]. The van der Waals surface area contributed by atoms with E-state index in [4.69, 9.17) is 0 Å². The van der Waals surface area contributed by atoms with Crippen LogP contribution in [0, 0.1) is 0 Å². The second kappa shape index (κ2) is 4.17. The first kappa shape index (κ1) is 15.7. The highest BCUT2D eigenvalue weighted by atomic mass is 32.2. The lowest BCUT2D eigenvalue weighted by atomic mass is 10.3. The maximum Gasteiger partial charge on any atom is 0.358 e. The van der Waals surface area contributed by atoms with E-state index in [1.807, 2.05) is 0 Å². The average Bonchev–Trinajstić information content (AvgIpc) is 1.97. The van der Waals surface area contributed by atoms with Crippen LogP contribution in [0.1, 0.15) is 20.8 Å². The van der Waals surface area contributed by atoms with Crippen LogP contribution in [0.25, 0.3) is 0 Å². The number of hydrogen-bond donors (Lipinski definition) is 0. The minimum atomic E-state index is -5.94. The van der Waals surface area contributed by atoms with E-state index in [2.05, 4.69) is 4.18 Å². The molecule has 0 unspecified atom stereocenters. The van der Waals surface area contributed by atoms with Gasteiger partial charge in [0.05, 0.1) is 4.75 Å². The van der Waals surface area contributed by atoms with Gasteiger partial charge in [0.25, 0.3) is 10.1 Å². The highest BCUT2D eigenvalue weighted by molar-refractivity contribution is 7.88. The zero-order valence-electron chi connectivity index (χ0n) is 8.73. The molecule has 98 valence electrons. The highest BCUT2D eigenvalue weighted by Crippen LogP contribution is 2.24. The molecule has 0 amide bonds. The minimum absolute atomic E-state index is 1.17. The maximum atomic E-state index is 12.6. The van der Waals surface area contributed by atoms with E-state index < -0.39 is 36.8 Å². The molecule has 0 fully saturated rings. The van der Waals surface area contributed by atoms with Crippen molar-refractivity contribution in [2.24, 2.45) is 0 Å². The van der Waals surface area contributed by atoms with Gasteiger partial charge in [0.15, 0.2) is 10.1 Å². The molecular formula is C6H11F2O6S2-. The van der Waals surface area contributed by atoms with E-state index in [0.29, 0.717) is 0 Å². The highest BCUT2D eigenvalue weighted by Gasteiger charge is 2.41. The molecule has 0 saturated carbocycles. The Morgan fingerprint density at radius 1 is 1.12 bits per heavy atom. The maximum absolute atomic E-state index is 12.6. The number of halogens is 2. The third kappa shape index (κ3) is 3.61. The van der Waals surface area contributed by atoms with Crippen molar-refractivity contribution in [1.29, 1.82) is 0 Å². The fourth-order valence-corrected chi connectivity index (χ4v) is 1.33. The summed E-state index contributed by atoms with van der Waals surface area (Å²) in [6.45, 7) is 1.50. The van der Waals surface area contributed by atoms with Crippen LogP contribution in [0.15, 0.2) is 0 Å². The van der Waals surface area contributed by atoms with Gasteiger partial charge in [0.1, 0.15) is 6.61 Å². The molecule has 0 heterocycles. The van der Waals surface area contributed by atoms with E-state index >= 15 is 0 Å². The van der Waals surface area contributed by atoms with Gasteiger partial charge < -0.3 is 4.55 Å². The third-order valence-electron chi connectivity index (χ3n) is 1.50. The number of rotatable bonds is 4. The Hall–Kier alpha value is -0.320. The van der Waals surface area contributed by atoms with Crippen LogP contribution >= 0.6 is 0 Å². The molecular weight excluding hydrogens is 270 g/mol. The van der Waals surface area contributed by atoms with Gasteiger partial charge in [0, 0.05) is 0 Å². The molecule has 0 aromatic rings. The minimum Gasteiger partial charge on any atom is -0.743 e. The Morgan fingerprint density at radius 2 is 1.50 bits per heavy atom. The molecule has 0 saturated heterocycles. The summed E-state index contributed by atoms with van der Waals surface area (Å²) in [5.74, 6) is 0. The first-order valence-electron chi connectivity index (χ1n) is 3.93. The molecule has 0 rings (SSSR count). The van der Waals surface area contributed by atoms with Gasteiger partial charge in [-0.15, -0.1) is 0 Å². The molecule has 0 aromatic heterocycles. The first-order valence-corrected chi connectivity index (χ1v) is 6.74. The van der Waals surface area contributed by atoms with Crippen LogP contribution in [0.4, 0.5) is 8.78 Å². The predicted octanol–water partition coefficient (Wildman–Crippen LogP) is 0.269. The molecule has 16 heavy (non-hydrogen) atoms. The zero-order valence-corrected chi connectivity index (χ0v) is 10.4. The summed E-state index contributed by atoms with van der Waals surface area (Å²) in [4.78, 5) is 0. The van der Waals surface area contributed by atoms with E-state index in [1.54, 1.807) is 0 Å². The van der Waals surface area contributed by atoms with E-state index in [0.717, 1.165) is 0 Å². The molecule has 0 bridgehead atoms. The Morgan fingerprint density at radius 3 is 1.75 bits per heavy atom. The monoisotopic (exact) mass is 281 g/mol. The summed E-state index contributed by atoms with van der Waals surface area (Å²) >= 11 is 0. The largest absolute Gasteiger partial charge is 0.743 e. The van der Waals surface area contributed by atoms with Crippen molar-refractivity contribution in [2.75, 3.05) is 6.61 Å². The van der Waals surface area contributed by atoms with Gasteiger partial charge in [-0.3, -0.25) is 4.18 Å². The summed E-state index contributed by atoms with van der Waals surface area (Å²) in [7, 11) is -10.3. The van der Waals surface area contributed by atoms with Gasteiger partial charge in [-0.05, 0) is 20.8 Å². The molecule has 0 atom stereocenters. The number of hydrogen-bond acceptors (Lipinski definition) is 6. The van der Waals surface area contributed by atoms with Crippen LogP contribution in [-0.2, 0) is 24.4 Å². The van der Waals surface area contributed by atoms with Crippen LogP contribution in [-0.4, -0.2) is 38.0 Å². The van der Waals surface area contributed by atoms with Crippen molar-refractivity contribution in [2.45, 2.75) is 30.8 Å². The first-order chi connectivity index (χ1) is 6.71. The van der Waals surface area contributed by atoms with Crippen molar-refractivity contribution in [3.8, 4) is 0 Å². The van der Waals surface area contributed by atoms with Crippen molar-refractivity contribution >= 4 is 20.2 Å². The molecule has 0 aliphatic rings. The predicted molar refractivity (Wildman–Crippen MR) is 49.3 cm³/mol. The molecule has 0 aliphatic heterocycles. The van der Waals surface area contributed by atoms with Gasteiger partial charge >= 0.3 is 5.25 Å². The Kier molecular flexibility index (Phi) is 4.08. The average molecular weight is 281 g/mol. The number of alkyl halides is 2. The molecule has 0 spiro atoms. The molecule has 6 nitrogen and oxygen atoms in total. The Bertz CT molecular complexity index is 444. The van der Waals surface area contributed by atoms with Crippen LogP contribution in [0.2, 0.25) is 0 Å². The van der Waals surface area contributed by atoms with Crippen LogP contribution in [0.3, 0.4) is 0 Å². The fourth-order valence-electron chi connectivity index (χ4n) is 0.395. The van der Waals surface area contributed by atoms with Crippen LogP contribution in [0.5, 0.6) is 0 Å². The van der Waals surface area contributed by atoms with Crippen LogP contribution < -0.4 is 0 Å². The quantitative estimate of drug-likeness (QED) is 0.541. The standard InChI is InChI=1S/C6H12F2O6S2/c1-5(2,3)16(12,13)14-4-6(7,8)15(9,10)11/h4H2,1-3H3,(H,9,10,11)/p-1. The zero-order chi connectivity index (χ0) is 13.4. The van der Waals surface area contributed by atoms with Crippen molar-refractivity contribution in [3.63, 3.8) is 0 Å². The van der Waals surface area contributed by atoms with Crippen molar-refractivity contribution in [1.82, 2.24) is 0 Å². The summed E-state index contributed by atoms with van der Waals surface area (Å²) in [5, 5.41) is -4.77. The Balaban J connectivity index is 4.87. The van der Waals surface area contributed by atoms with E-state index in [1.165, 1.54) is 20.8 Å². The van der Waals surface area contributed by atoms with E-state index in [-0.39, 0.29) is 0 Å². The molecule has 0 aliphatic carbocycles. The summed E-state index contributed by atoms with van der Waals surface area (Å²) in [6, 6.07) is 0. The molecule has 0 aromatic carbocycles. The van der Waals surface area contributed by atoms with Gasteiger partial charge in [-0.2, -0.15) is 17.2 Å².